The van der Waals surface area contributed by atoms with Gasteiger partial charge in [0.1, 0.15) is 17.4 Å². The highest BCUT2D eigenvalue weighted by atomic mass is 19.4. The van der Waals surface area contributed by atoms with Gasteiger partial charge in [0.15, 0.2) is 5.78 Å². The largest absolute Gasteiger partial charge is 0.497 e. The number of carbonyl (C=O) groups is 3. The van der Waals surface area contributed by atoms with E-state index in [1.807, 2.05) is 5.32 Å². The summed E-state index contributed by atoms with van der Waals surface area (Å²) in [5, 5.41) is 14.4. The van der Waals surface area contributed by atoms with Crippen molar-refractivity contribution in [3.8, 4) is 5.75 Å². The number of hydrogen-bond donors (Lipinski definition) is 3. The molecular formula is C26H29F3N2O6. The first kappa shape index (κ1) is 28.1. The highest BCUT2D eigenvalue weighted by Crippen LogP contribution is 2.31. The zero-order valence-corrected chi connectivity index (χ0v) is 20.6. The fourth-order valence-electron chi connectivity index (χ4n) is 3.58. The van der Waals surface area contributed by atoms with Crippen LogP contribution in [0.1, 0.15) is 25.0 Å². The number of aliphatic hydroxyl groups is 1. The smallest absolute Gasteiger partial charge is 0.426 e. The minimum absolute atomic E-state index is 0.105. The van der Waals surface area contributed by atoms with Crippen LogP contribution in [-0.4, -0.2) is 65.9 Å². The van der Waals surface area contributed by atoms with E-state index in [0.717, 1.165) is 5.56 Å². The van der Waals surface area contributed by atoms with Crippen LogP contribution in [0.2, 0.25) is 0 Å². The Balaban J connectivity index is 1.86. The van der Waals surface area contributed by atoms with E-state index in [1.165, 1.54) is 7.11 Å². The Morgan fingerprint density at radius 3 is 2.05 bits per heavy atom. The van der Waals surface area contributed by atoms with Crippen molar-refractivity contribution in [2.24, 2.45) is 0 Å². The van der Waals surface area contributed by atoms with Gasteiger partial charge in [-0.25, -0.2) is 0 Å². The van der Waals surface area contributed by atoms with E-state index in [1.54, 1.807) is 61.5 Å². The Morgan fingerprint density at radius 2 is 1.54 bits per heavy atom. The van der Waals surface area contributed by atoms with Gasteiger partial charge in [0.25, 0.3) is 5.91 Å². The van der Waals surface area contributed by atoms with Gasteiger partial charge >= 0.3 is 6.18 Å². The van der Waals surface area contributed by atoms with Gasteiger partial charge in [0, 0.05) is 6.42 Å². The van der Waals surface area contributed by atoms with Crippen molar-refractivity contribution >= 4 is 17.6 Å². The number of halogens is 3. The van der Waals surface area contributed by atoms with Crippen molar-refractivity contribution in [3.05, 3.63) is 65.7 Å². The summed E-state index contributed by atoms with van der Waals surface area (Å²) >= 11 is 0. The molecule has 2 aromatic carbocycles. The standard InChI is InChI=1S/C26H29F3N2O6/c1-24(15-37-24)21(32)19(13-16-7-5-4-6-8-16)30-22(33)20(14-17-9-11-18(36-3)12-10-17)31-23(34)25(2,35)26(27,28)29/h4-12,19-20,35H,13-15H2,1-3H3,(H,30,33)(H,31,34). The molecule has 0 aliphatic carbocycles. The summed E-state index contributed by atoms with van der Waals surface area (Å²) in [5.74, 6) is -2.57. The summed E-state index contributed by atoms with van der Waals surface area (Å²) in [7, 11) is 1.46. The van der Waals surface area contributed by atoms with E-state index >= 15 is 0 Å². The van der Waals surface area contributed by atoms with Crippen LogP contribution >= 0.6 is 0 Å². The van der Waals surface area contributed by atoms with Crippen molar-refractivity contribution < 1.29 is 42.1 Å². The maximum Gasteiger partial charge on any atom is 0.426 e. The quantitative estimate of drug-likeness (QED) is 0.390. The van der Waals surface area contributed by atoms with Crippen molar-refractivity contribution in [1.82, 2.24) is 10.6 Å². The van der Waals surface area contributed by atoms with Gasteiger partial charge in [-0.05, 0) is 43.5 Å². The number of alkyl halides is 3. The molecule has 0 spiro atoms. The SMILES string of the molecule is COc1ccc(CC(NC(=O)C(C)(O)C(F)(F)F)C(=O)NC(Cc2ccccc2)C(=O)C2(C)CO2)cc1. The number of carbonyl (C=O) groups excluding carboxylic acids is 3. The first-order chi connectivity index (χ1) is 17.3. The van der Waals surface area contributed by atoms with Gasteiger partial charge in [-0.1, -0.05) is 42.5 Å². The number of ketones is 1. The van der Waals surface area contributed by atoms with Crippen LogP contribution in [0.5, 0.6) is 5.75 Å². The molecule has 0 aromatic heterocycles. The number of Topliss-reactive ketones (excluding diaryl/α,β-unsaturated/α-hetero) is 1. The van der Waals surface area contributed by atoms with E-state index in [2.05, 4.69) is 5.32 Å². The molecule has 1 saturated heterocycles. The number of benzene rings is 2. The molecule has 0 saturated carbocycles. The van der Waals surface area contributed by atoms with E-state index < -0.39 is 47.1 Å². The minimum atomic E-state index is -5.28. The third kappa shape index (κ3) is 6.86. The summed E-state index contributed by atoms with van der Waals surface area (Å²) in [6.45, 7) is 2.06. The van der Waals surface area contributed by atoms with Gasteiger partial charge in [0.05, 0.1) is 19.8 Å². The first-order valence-corrected chi connectivity index (χ1v) is 11.5. The lowest BCUT2D eigenvalue weighted by Gasteiger charge is -2.29. The van der Waals surface area contributed by atoms with Crippen LogP contribution < -0.4 is 15.4 Å². The van der Waals surface area contributed by atoms with Crippen molar-refractivity contribution in [2.75, 3.05) is 13.7 Å². The fraction of sp³-hybridized carbons (Fsp3) is 0.423. The zero-order chi connectivity index (χ0) is 27.4. The molecule has 4 unspecified atom stereocenters. The van der Waals surface area contributed by atoms with Crippen LogP contribution in [-0.2, 0) is 32.0 Å². The van der Waals surface area contributed by atoms with Gasteiger partial charge in [-0.3, -0.25) is 14.4 Å². The number of amides is 2. The average molecular weight is 523 g/mol. The Labute approximate surface area is 212 Å². The summed E-state index contributed by atoms with van der Waals surface area (Å²) in [6.07, 6.45) is -5.38. The summed E-state index contributed by atoms with van der Waals surface area (Å²) < 4.78 is 50.1. The molecule has 0 bridgehead atoms. The van der Waals surface area contributed by atoms with Crippen LogP contribution in [0.3, 0.4) is 0 Å². The molecule has 3 N–H and O–H groups in total. The van der Waals surface area contributed by atoms with E-state index in [0.29, 0.717) is 18.2 Å². The molecule has 1 heterocycles. The van der Waals surface area contributed by atoms with Crippen LogP contribution in [0.25, 0.3) is 0 Å². The monoisotopic (exact) mass is 522 g/mol. The molecule has 0 radical (unpaired) electrons. The Hall–Kier alpha value is -3.44. The molecule has 3 rings (SSSR count). The second-order valence-electron chi connectivity index (χ2n) is 9.28. The summed E-state index contributed by atoms with van der Waals surface area (Å²) in [4.78, 5) is 38.9. The molecule has 1 aliphatic heterocycles. The van der Waals surface area contributed by atoms with Crippen molar-refractivity contribution in [1.29, 1.82) is 0 Å². The molecule has 37 heavy (non-hydrogen) atoms. The predicted octanol–water partition coefficient (Wildman–Crippen LogP) is 2.12. The van der Waals surface area contributed by atoms with Gasteiger partial charge in [-0.2, -0.15) is 13.2 Å². The molecule has 2 aromatic rings. The number of nitrogens with one attached hydrogen (secondary N) is 2. The van der Waals surface area contributed by atoms with Crippen molar-refractivity contribution in [3.63, 3.8) is 0 Å². The molecule has 1 aliphatic rings. The normalized spacial score (nSPS) is 20.2. The fourth-order valence-corrected chi connectivity index (χ4v) is 3.58. The summed E-state index contributed by atoms with van der Waals surface area (Å²) in [6, 6.07) is 12.6. The predicted molar refractivity (Wildman–Crippen MR) is 127 cm³/mol. The lowest BCUT2D eigenvalue weighted by atomic mass is 9.94. The zero-order valence-electron chi connectivity index (χ0n) is 20.6. The maximum atomic E-state index is 13.3. The Morgan fingerprint density at radius 1 is 1.00 bits per heavy atom. The second kappa shape index (κ2) is 10.9. The maximum absolute atomic E-state index is 13.3. The van der Waals surface area contributed by atoms with Gasteiger partial charge < -0.3 is 25.2 Å². The van der Waals surface area contributed by atoms with Gasteiger partial charge in [-0.15, -0.1) is 0 Å². The molecule has 200 valence electrons. The van der Waals surface area contributed by atoms with Crippen LogP contribution in [0.4, 0.5) is 13.2 Å². The average Bonchev–Trinajstić information content (AvgIpc) is 3.61. The van der Waals surface area contributed by atoms with Crippen molar-refractivity contribution in [2.45, 2.75) is 56.2 Å². The van der Waals surface area contributed by atoms with E-state index in [-0.39, 0.29) is 19.4 Å². The molecule has 4 atom stereocenters. The summed E-state index contributed by atoms with van der Waals surface area (Å²) in [5.41, 5.74) is -3.58. The highest BCUT2D eigenvalue weighted by Gasteiger charge is 2.56. The second-order valence-corrected chi connectivity index (χ2v) is 9.28. The number of epoxide rings is 1. The molecule has 1 fully saturated rings. The van der Waals surface area contributed by atoms with Crippen LogP contribution in [0.15, 0.2) is 54.6 Å². The van der Waals surface area contributed by atoms with Crippen LogP contribution in [0, 0.1) is 0 Å². The minimum Gasteiger partial charge on any atom is -0.497 e. The number of hydrogen-bond acceptors (Lipinski definition) is 6. The van der Waals surface area contributed by atoms with Gasteiger partial charge in [0.2, 0.25) is 11.5 Å². The molecule has 8 nitrogen and oxygen atoms in total. The molecular weight excluding hydrogens is 493 g/mol. The Bertz CT molecular complexity index is 1120. The number of rotatable bonds is 11. The number of methoxy groups -OCH3 is 1. The van der Waals surface area contributed by atoms with E-state index in [9.17, 15) is 32.7 Å². The lowest BCUT2D eigenvalue weighted by Crippen LogP contribution is -2.61. The number of ether oxygens (including phenoxy) is 2. The third-order valence-electron chi connectivity index (χ3n) is 6.23. The first-order valence-electron chi connectivity index (χ1n) is 11.5. The lowest BCUT2D eigenvalue weighted by molar-refractivity contribution is -0.245. The van der Waals surface area contributed by atoms with E-state index in [4.69, 9.17) is 9.47 Å². The molecule has 11 heteroatoms. The Kier molecular flexibility index (Phi) is 8.28. The topological polar surface area (TPSA) is 117 Å². The molecule has 2 amide bonds. The highest BCUT2D eigenvalue weighted by molar-refractivity contribution is 5.98. The third-order valence-corrected chi connectivity index (χ3v) is 6.23.